The van der Waals surface area contributed by atoms with Crippen LogP contribution in [0.1, 0.15) is 39.0 Å². The molecular weight excluding hydrogens is 280 g/mol. The van der Waals surface area contributed by atoms with E-state index in [4.69, 9.17) is 0 Å². The van der Waals surface area contributed by atoms with Crippen LogP contribution in [-0.2, 0) is 4.79 Å². The molecule has 0 bridgehead atoms. The fraction of sp³-hybridized carbons (Fsp3) is 0.706. The molecule has 0 aromatic rings. The van der Waals surface area contributed by atoms with Crippen LogP contribution in [0.3, 0.4) is 0 Å². The van der Waals surface area contributed by atoms with E-state index in [0.717, 1.165) is 56.8 Å². The van der Waals surface area contributed by atoms with Crippen LogP contribution in [0.25, 0.3) is 0 Å². The quantitative estimate of drug-likeness (QED) is 0.780. The number of carbonyl (C=O) groups is 1. The first-order chi connectivity index (χ1) is 10.1. The van der Waals surface area contributed by atoms with Crippen molar-refractivity contribution in [1.82, 2.24) is 9.80 Å². The molecule has 0 spiro atoms. The van der Waals surface area contributed by atoms with Gasteiger partial charge in [0.1, 0.15) is 0 Å². The van der Waals surface area contributed by atoms with Crippen molar-refractivity contribution in [3.63, 3.8) is 0 Å². The van der Waals surface area contributed by atoms with Gasteiger partial charge in [-0.3, -0.25) is 4.79 Å². The van der Waals surface area contributed by atoms with Crippen molar-refractivity contribution < 1.29 is 4.79 Å². The van der Waals surface area contributed by atoms with Crippen LogP contribution in [0.2, 0.25) is 0 Å². The van der Waals surface area contributed by atoms with Crippen LogP contribution in [0.15, 0.2) is 23.3 Å². The van der Waals surface area contributed by atoms with Gasteiger partial charge in [-0.1, -0.05) is 13.0 Å². The molecule has 21 heavy (non-hydrogen) atoms. The fourth-order valence-electron chi connectivity index (χ4n) is 2.86. The zero-order chi connectivity index (χ0) is 15.2. The summed E-state index contributed by atoms with van der Waals surface area (Å²) in [5.41, 5.74) is 1.04. The van der Waals surface area contributed by atoms with Gasteiger partial charge in [-0.2, -0.15) is 0 Å². The summed E-state index contributed by atoms with van der Waals surface area (Å²) in [5, 5.41) is 0. The summed E-state index contributed by atoms with van der Waals surface area (Å²) >= 11 is 1.85. The van der Waals surface area contributed by atoms with Gasteiger partial charge >= 0.3 is 0 Å². The Balaban J connectivity index is 2.16. The maximum atomic E-state index is 12.7. The molecule has 1 aliphatic carbocycles. The highest BCUT2D eigenvalue weighted by atomic mass is 32.2. The number of carbonyl (C=O) groups excluding carboxylic acids is 1. The summed E-state index contributed by atoms with van der Waals surface area (Å²) in [6.45, 7) is 9.14. The molecule has 0 N–H and O–H groups in total. The van der Waals surface area contributed by atoms with Crippen molar-refractivity contribution >= 4 is 17.7 Å². The third kappa shape index (κ3) is 4.36. The molecule has 1 aliphatic heterocycles. The summed E-state index contributed by atoms with van der Waals surface area (Å²) in [5.74, 6) is 1.65. The largest absolute Gasteiger partial charge is 0.311 e. The van der Waals surface area contributed by atoms with Crippen molar-refractivity contribution in [2.75, 3.05) is 32.4 Å². The van der Waals surface area contributed by atoms with E-state index in [1.165, 1.54) is 11.3 Å². The molecule has 0 unspecified atom stereocenters. The van der Waals surface area contributed by atoms with Crippen LogP contribution in [0.4, 0.5) is 0 Å². The fourth-order valence-corrected chi connectivity index (χ4v) is 3.91. The Hall–Kier alpha value is -0.740. The summed E-state index contributed by atoms with van der Waals surface area (Å²) in [6, 6.07) is 0. The Bertz CT molecular complexity index is 415. The molecule has 118 valence electrons. The number of nitrogens with zero attached hydrogens (tertiary/aromatic N) is 2. The summed E-state index contributed by atoms with van der Waals surface area (Å²) in [4.78, 5) is 18.4. The molecule has 0 aromatic carbocycles. The predicted octanol–water partition coefficient (Wildman–Crippen LogP) is 3.49. The molecule has 3 nitrogen and oxygen atoms in total. The van der Waals surface area contributed by atoms with E-state index in [-0.39, 0.29) is 5.92 Å². The number of amides is 1. The normalized spacial score (nSPS) is 26.9. The Morgan fingerprint density at radius 1 is 1.24 bits per heavy atom. The molecule has 0 atom stereocenters. The number of allylic oxidation sites excluding steroid dienone is 2. The Kier molecular flexibility index (Phi) is 6.37. The lowest BCUT2D eigenvalue weighted by Gasteiger charge is -2.33. The van der Waals surface area contributed by atoms with Gasteiger partial charge in [-0.15, -0.1) is 11.8 Å². The van der Waals surface area contributed by atoms with Crippen LogP contribution >= 0.6 is 11.8 Å². The van der Waals surface area contributed by atoms with E-state index < -0.39 is 0 Å². The molecule has 4 heteroatoms. The van der Waals surface area contributed by atoms with Crippen LogP contribution in [0, 0.1) is 5.92 Å². The number of rotatable bonds is 2. The second kappa shape index (κ2) is 8.04. The number of thioether (sulfide) groups is 1. The van der Waals surface area contributed by atoms with Gasteiger partial charge in [0.2, 0.25) is 5.91 Å². The van der Waals surface area contributed by atoms with Gasteiger partial charge < -0.3 is 9.80 Å². The van der Waals surface area contributed by atoms with Crippen LogP contribution in [-0.4, -0.2) is 48.1 Å². The molecule has 1 fully saturated rings. The third-order valence-electron chi connectivity index (χ3n) is 4.53. The van der Waals surface area contributed by atoms with Crippen molar-refractivity contribution in [3.05, 3.63) is 23.3 Å². The molecule has 0 radical (unpaired) electrons. The van der Waals surface area contributed by atoms with Gasteiger partial charge in [-0.25, -0.2) is 0 Å². The first-order valence-electron chi connectivity index (χ1n) is 8.09. The minimum absolute atomic E-state index is 0.255. The Morgan fingerprint density at radius 2 is 1.95 bits per heavy atom. The average molecular weight is 308 g/mol. The van der Waals surface area contributed by atoms with E-state index in [1.54, 1.807) is 0 Å². The van der Waals surface area contributed by atoms with Crippen LogP contribution in [0.5, 0.6) is 0 Å². The molecule has 2 aliphatic rings. The lowest BCUT2D eigenvalue weighted by molar-refractivity contribution is -0.136. The SMILES string of the molecule is C=C/C1=C(\C)SCCN(C)CCCCN1C(=O)C1CCC1. The standard InChI is InChI=1S/C17H28N2OS/c1-4-16-14(2)21-13-12-18(3)10-5-6-11-19(16)17(20)15-8-7-9-15/h4,15H,1,5-13H2,2-3H3/b16-14-. The van der Waals surface area contributed by atoms with Gasteiger partial charge in [-0.05, 0) is 52.3 Å². The van der Waals surface area contributed by atoms with Gasteiger partial charge in [0.25, 0.3) is 0 Å². The minimum Gasteiger partial charge on any atom is -0.311 e. The van der Waals surface area contributed by atoms with Crippen molar-refractivity contribution in [2.45, 2.75) is 39.0 Å². The monoisotopic (exact) mass is 308 g/mol. The third-order valence-corrected chi connectivity index (χ3v) is 5.56. The summed E-state index contributed by atoms with van der Waals surface area (Å²) in [7, 11) is 2.18. The smallest absolute Gasteiger partial charge is 0.230 e. The van der Waals surface area contributed by atoms with Crippen molar-refractivity contribution in [3.8, 4) is 0 Å². The molecule has 1 saturated carbocycles. The highest BCUT2D eigenvalue weighted by Crippen LogP contribution is 2.32. The van der Waals surface area contributed by atoms with E-state index in [1.807, 2.05) is 22.7 Å². The second-order valence-corrected chi connectivity index (χ2v) is 7.43. The molecule has 1 amide bonds. The van der Waals surface area contributed by atoms with Crippen molar-refractivity contribution in [2.24, 2.45) is 5.92 Å². The molecule has 0 saturated heterocycles. The minimum atomic E-state index is 0.255. The predicted molar refractivity (Wildman–Crippen MR) is 91.1 cm³/mol. The lowest BCUT2D eigenvalue weighted by Crippen LogP contribution is -2.39. The first-order valence-corrected chi connectivity index (χ1v) is 9.08. The van der Waals surface area contributed by atoms with Gasteiger partial charge in [0.05, 0.1) is 5.70 Å². The van der Waals surface area contributed by atoms with Crippen molar-refractivity contribution in [1.29, 1.82) is 0 Å². The first kappa shape index (κ1) is 16.6. The summed E-state index contributed by atoms with van der Waals surface area (Å²) < 4.78 is 0. The van der Waals surface area contributed by atoms with E-state index in [9.17, 15) is 4.79 Å². The topological polar surface area (TPSA) is 23.6 Å². The highest BCUT2D eigenvalue weighted by Gasteiger charge is 2.30. The van der Waals surface area contributed by atoms with Gasteiger partial charge in [0, 0.05) is 29.7 Å². The zero-order valence-electron chi connectivity index (χ0n) is 13.4. The molecule has 1 heterocycles. The van der Waals surface area contributed by atoms with E-state index in [0.29, 0.717) is 5.91 Å². The zero-order valence-corrected chi connectivity index (χ0v) is 14.3. The Labute approximate surface area is 133 Å². The van der Waals surface area contributed by atoms with E-state index >= 15 is 0 Å². The maximum absolute atomic E-state index is 12.7. The molecular formula is C17H28N2OS. The van der Waals surface area contributed by atoms with Crippen LogP contribution < -0.4 is 0 Å². The molecule has 0 aromatic heterocycles. The summed E-state index contributed by atoms with van der Waals surface area (Å²) in [6.07, 6.45) is 7.43. The van der Waals surface area contributed by atoms with E-state index in [2.05, 4.69) is 25.5 Å². The Morgan fingerprint density at radius 3 is 2.57 bits per heavy atom. The average Bonchev–Trinajstić information content (AvgIpc) is 2.42. The lowest BCUT2D eigenvalue weighted by atomic mass is 9.84. The number of hydrogen-bond donors (Lipinski definition) is 0. The maximum Gasteiger partial charge on any atom is 0.230 e. The number of hydrogen-bond acceptors (Lipinski definition) is 3. The molecule has 2 rings (SSSR count). The van der Waals surface area contributed by atoms with Gasteiger partial charge in [0.15, 0.2) is 0 Å². The highest BCUT2D eigenvalue weighted by molar-refractivity contribution is 8.03. The second-order valence-electron chi connectivity index (χ2n) is 6.12.